The molecular weight excluding hydrogens is 353 g/mol. The third-order valence-corrected chi connectivity index (χ3v) is 4.57. The topological polar surface area (TPSA) is 54.9 Å². The maximum Gasteiger partial charge on any atom is 0.230 e. The molecule has 4 nitrogen and oxygen atoms in total. The van der Waals surface area contributed by atoms with Crippen molar-refractivity contribution in [1.29, 1.82) is 0 Å². The zero-order chi connectivity index (χ0) is 16.2. The van der Waals surface area contributed by atoms with Gasteiger partial charge in [0.25, 0.3) is 0 Å². The Balaban J connectivity index is 1.66. The van der Waals surface area contributed by atoms with Gasteiger partial charge < -0.3 is 5.32 Å². The maximum atomic E-state index is 12.1. The molecule has 2 aromatic heterocycles. The molecule has 0 radical (unpaired) electrons. The summed E-state index contributed by atoms with van der Waals surface area (Å²) in [6, 6.07) is 8.88. The molecule has 0 aliphatic rings. The van der Waals surface area contributed by atoms with Crippen LogP contribution in [0.3, 0.4) is 0 Å². The number of carbonyl (C=O) groups is 1. The van der Waals surface area contributed by atoms with E-state index in [9.17, 15) is 4.79 Å². The van der Waals surface area contributed by atoms with Gasteiger partial charge in [-0.1, -0.05) is 29.3 Å². The Morgan fingerprint density at radius 3 is 2.65 bits per heavy atom. The van der Waals surface area contributed by atoms with Gasteiger partial charge in [-0.25, -0.2) is 4.98 Å². The van der Waals surface area contributed by atoms with E-state index in [1.807, 2.05) is 17.5 Å². The summed E-state index contributed by atoms with van der Waals surface area (Å²) in [5.74, 6) is -0.154. The number of rotatable bonds is 4. The van der Waals surface area contributed by atoms with Crippen LogP contribution in [0.2, 0.25) is 10.0 Å². The van der Waals surface area contributed by atoms with Crippen LogP contribution < -0.4 is 5.32 Å². The van der Waals surface area contributed by atoms with Crippen LogP contribution >= 0.6 is 34.5 Å². The molecule has 23 heavy (non-hydrogen) atoms. The molecule has 7 heteroatoms. The first-order valence-corrected chi connectivity index (χ1v) is 8.35. The van der Waals surface area contributed by atoms with Gasteiger partial charge in [-0.3, -0.25) is 9.78 Å². The summed E-state index contributed by atoms with van der Waals surface area (Å²) in [5, 5.41) is 6.15. The minimum absolute atomic E-state index is 0.154. The summed E-state index contributed by atoms with van der Waals surface area (Å²) in [7, 11) is 0. The van der Waals surface area contributed by atoms with Crippen molar-refractivity contribution in [3.05, 3.63) is 63.7 Å². The summed E-state index contributed by atoms with van der Waals surface area (Å²) in [4.78, 5) is 20.5. The van der Waals surface area contributed by atoms with Crippen molar-refractivity contribution in [1.82, 2.24) is 9.97 Å². The van der Waals surface area contributed by atoms with E-state index < -0.39 is 0 Å². The zero-order valence-corrected chi connectivity index (χ0v) is 14.1. The van der Waals surface area contributed by atoms with Crippen LogP contribution in [-0.2, 0) is 11.2 Å². The van der Waals surface area contributed by atoms with Gasteiger partial charge in [0.1, 0.15) is 0 Å². The lowest BCUT2D eigenvalue weighted by Gasteiger charge is -2.03. The van der Waals surface area contributed by atoms with E-state index in [1.54, 1.807) is 30.6 Å². The predicted molar refractivity (Wildman–Crippen MR) is 94.1 cm³/mol. The van der Waals surface area contributed by atoms with Crippen molar-refractivity contribution in [3.8, 4) is 11.3 Å². The van der Waals surface area contributed by atoms with E-state index in [0.717, 1.165) is 16.8 Å². The van der Waals surface area contributed by atoms with Crippen LogP contribution in [0.15, 0.2) is 48.1 Å². The SMILES string of the molecule is O=C(Cc1ccc(Cl)c(Cl)c1)Nc1nc(-c2ccncc2)cs1. The Bertz CT molecular complexity index is 836. The molecule has 1 amide bonds. The molecule has 0 aliphatic carbocycles. The molecule has 0 aliphatic heterocycles. The first-order chi connectivity index (χ1) is 11.1. The molecule has 2 heterocycles. The Morgan fingerprint density at radius 1 is 1.13 bits per heavy atom. The van der Waals surface area contributed by atoms with Gasteiger partial charge in [0.05, 0.1) is 22.2 Å². The lowest BCUT2D eigenvalue weighted by molar-refractivity contribution is -0.115. The molecular formula is C16H11Cl2N3OS. The average Bonchev–Trinajstić information content (AvgIpc) is 3.00. The normalized spacial score (nSPS) is 10.5. The number of carbonyl (C=O) groups excluding carboxylic acids is 1. The van der Waals surface area contributed by atoms with E-state index in [4.69, 9.17) is 23.2 Å². The summed E-state index contributed by atoms with van der Waals surface area (Å²) < 4.78 is 0. The number of halogens is 2. The zero-order valence-electron chi connectivity index (χ0n) is 11.8. The molecule has 0 saturated heterocycles. The maximum absolute atomic E-state index is 12.1. The number of hydrogen-bond acceptors (Lipinski definition) is 4. The number of benzene rings is 1. The quantitative estimate of drug-likeness (QED) is 0.731. The number of nitrogens with zero attached hydrogens (tertiary/aromatic N) is 2. The summed E-state index contributed by atoms with van der Waals surface area (Å²) in [6.07, 6.45) is 3.62. The fourth-order valence-electron chi connectivity index (χ4n) is 1.98. The van der Waals surface area contributed by atoms with Crippen molar-refractivity contribution in [3.63, 3.8) is 0 Å². The number of pyridine rings is 1. The van der Waals surface area contributed by atoms with E-state index in [0.29, 0.717) is 15.2 Å². The fourth-order valence-corrected chi connectivity index (χ4v) is 3.04. The van der Waals surface area contributed by atoms with Gasteiger partial charge in [0.15, 0.2) is 5.13 Å². The lowest BCUT2D eigenvalue weighted by atomic mass is 10.1. The Labute approximate surface area is 147 Å². The van der Waals surface area contributed by atoms with Gasteiger partial charge in [-0.2, -0.15) is 0 Å². The second-order valence-electron chi connectivity index (χ2n) is 4.75. The molecule has 0 saturated carbocycles. The summed E-state index contributed by atoms with van der Waals surface area (Å²) in [6.45, 7) is 0. The van der Waals surface area contributed by atoms with Gasteiger partial charge in [-0.05, 0) is 29.8 Å². The Hall–Kier alpha value is -1.95. The smallest absolute Gasteiger partial charge is 0.230 e. The minimum atomic E-state index is -0.154. The van der Waals surface area contributed by atoms with Gasteiger partial charge in [0, 0.05) is 23.3 Å². The second kappa shape index (κ2) is 7.08. The van der Waals surface area contributed by atoms with Crippen molar-refractivity contribution < 1.29 is 4.79 Å². The van der Waals surface area contributed by atoms with Gasteiger partial charge in [0.2, 0.25) is 5.91 Å². The molecule has 3 aromatic rings. The van der Waals surface area contributed by atoms with Crippen molar-refractivity contribution in [2.75, 3.05) is 5.32 Å². The largest absolute Gasteiger partial charge is 0.302 e. The molecule has 0 spiro atoms. The highest BCUT2D eigenvalue weighted by atomic mass is 35.5. The van der Waals surface area contributed by atoms with Crippen molar-refractivity contribution in [2.45, 2.75) is 6.42 Å². The minimum Gasteiger partial charge on any atom is -0.302 e. The van der Waals surface area contributed by atoms with E-state index in [-0.39, 0.29) is 12.3 Å². The second-order valence-corrected chi connectivity index (χ2v) is 6.42. The Morgan fingerprint density at radius 2 is 1.91 bits per heavy atom. The highest BCUT2D eigenvalue weighted by molar-refractivity contribution is 7.14. The van der Waals surface area contributed by atoms with Crippen LogP contribution in [0.25, 0.3) is 11.3 Å². The van der Waals surface area contributed by atoms with E-state index >= 15 is 0 Å². The van der Waals surface area contributed by atoms with E-state index in [2.05, 4.69) is 15.3 Å². The standard InChI is InChI=1S/C16H11Cl2N3OS/c17-12-2-1-10(7-13(12)18)8-15(22)21-16-20-14(9-23-16)11-3-5-19-6-4-11/h1-7,9H,8H2,(H,20,21,22). The number of anilines is 1. The van der Waals surface area contributed by atoms with Crippen molar-refractivity contribution in [2.24, 2.45) is 0 Å². The van der Waals surface area contributed by atoms with E-state index in [1.165, 1.54) is 11.3 Å². The third-order valence-electron chi connectivity index (χ3n) is 3.08. The van der Waals surface area contributed by atoms with Crippen LogP contribution in [0.5, 0.6) is 0 Å². The molecule has 0 bridgehead atoms. The van der Waals surface area contributed by atoms with Gasteiger partial charge >= 0.3 is 0 Å². The van der Waals surface area contributed by atoms with Crippen LogP contribution in [0.4, 0.5) is 5.13 Å². The number of amides is 1. The number of aromatic nitrogens is 2. The first kappa shape index (κ1) is 15.9. The molecule has 0 unspecified atom stereocenters. The fraction of sp³-hybridized carbons (Fsp3) is 0.0625. The molecule has 0 fully saturated rings. The monoisotopic (exact) mass is 363 g/mol. The van der Waals surface area contributed by atoms with Crippen molar-refractivity contribution >= 4 is 45.6 Å². The highest BCUT2D eigenvalue weighted by Crippen LogP contribution is 2.25. The molecule has 1 N–H and O–H groups in total. The first-order valence-electron chi connectivity index (χ1n) is 6.71. The number of thiazole rings is 1. The predicted octanol–water partition coefficient (Wildman–Crippen LogP) is 4.69. The summed E-state index contributed by atoms with van der Waals surface area (Å²) >= 11 is 13.2. The molecule has 0 atom stereocenters. The van der Waals surface area contributed by atoms with Crippen LogP contribution in [0, 0.1) is 0 Å². The molecule has 1 aromatic carbocycles. The summed E-state index contributed by atoms with van der Waals surface area (Å²) in [5.41, 5.74) is 2.56. The number of nitrogens with one attached hydrogen (secondary N) is 1. The van der Waals surface area contributed by atoms with Crippen LogP contribution in [-0.4, -0.2) is 15.9 Å². The third kappa shape index (κ3) is 4.07. The average molecular weight is 364 g/mol. The van der Waals surface area contributed by atoms with Crippen LogP contribution in [0.1, 0.15) is 5.56 Å². The van der Waals surface area contributed by atoms with Gasteiger partial charge in [-0.15, -0.1) is 11.3 Å². The number of hydrogen-bond donors (Lipinski definition) is 1. The lowest BCUT2D eigenvalue weighted by Crippen LogP contribution is -2.14. The Kier molecular flexibility index (Phi) is 4.91. The molecule has 3 rings (SSSR count). The molecule has 116 valence electrons. The highest BCUT2D eigenvalue weighted by Gasteiger charge is 2.09.